The molecule has 1 heterocycles. The first-order valence-corrected chi connectivity index (χ1v) is 12.3. The lowest BCUT2D eigenvalue weighted by Crippen LogP contribution is -2.45. The second kappa shape index (κ2) is 12.0. The normalized spacial score (nSPS) is 10.9. The molecule has 0 bridgehead atoms. The number of halogens is 1. The molecule has 3 rings (SSSR count). The molecule has 0 unspecified atom stereocenters. The highest BCUT2D eigenvalue weighted by Gasteiger charge is 2.31. The minimum Gasteiger partial charge on any atom is -0.496 e. The van der Waals surface area contributed by atoms with E-state index in [9.17, 15) is 19.5 Å². The summed E-state index contributed by atoms with van der Waals surface area (Å²) in [5, 5.41) is 10.4. The number of imide groups is 1. The zero-order valence-corrected chi connectivity index (χ0v) is 22.5. The van der Waals surface area contributed by atoms with Crippen molar-refractivity contribution in [2.75, 3.05) is 32.7 Å². The number of aromatic nitrogens is 1. The zero-order valence-electron chi connectivity index (χ0n) is 21.7. The largest absolute Gasteiger partial charge is 0.496 e. The van der Waals surface area contributed by atoms with Gasteiger partial charge in [0, 0.05) is 36.1 Å². The molecule has 3 aromatic rings. The van der Waals surface area contributed by atoms with Gasteiger partial charge in [-0.25, -0.2) is 4.79 Å². The van der Waals surface area contributed by atoms with Crippen LogP contribution in [0.3, 0.4) is 0 Å². The van der Waals surface area contributed by atoms with Gasteiger partial charge in [0.25, 0.3) is 5.91 Å². The molecule has 198 valence electrons. The van der Waals surface area contributed by atoms with Gasteiger partial charge in [0.15, 0.2) is 0 Å². The standard InChI is InChI=1S/C27H32ClN3O6/c1-6-7-10-13-30(25-22(37-5)15-21(36-4)17(2)24(25)28)27(35)29(3)26(34)20-14-18-11-8-9-12-19(18)31(20)16-23(32)33/h8-9,11-12,14-15H,6-7,10,13,16H2,1-5H3,(H,32,33). The summed E-state index contributed by atoms with van der Waals surface area (Å²) in [6.45, 7) is 3.70. The predicted octanol–water partition coefficient (Wildman–Crippen LogP) is 5.59. The number of nitrogens with zero attached hydrogens (tertiary/aromatic N) is 3. The molecule has 0 saturated carbocycles. The number of amides is 3. The molecule has 0 aliphatic carbocycles. The van der Waals surface area contributed by atoms with Crippen LogP contribution in [0, 0.1) is 6.92 Å². The molecule has 0 fully saturated rings. The van der Waals surface area contributed by atoms with E-state index < -0.39 is 24.5 Å². The van der Waals surface area contributed by atoms with Crippen molar-refractivity contribution < 1.29 is 29.0 Å². The number of urea groups is 1. The average Bonchev–Trinajstić information content (AvgIpc) is 3.25. The maximum atomic E-state index is 13.8. The monoisotopic (exact) mass is 529 g/mol. The Hall–Kier alpha value is -3.72. The Kier molecular flexibility index (Phi) is 9.04. The summed E-state index contributed by atoms with van der Waals surface area (Å²) in [4.78, 5) is 41.4. The number of carboxylic acid groups (broad SMARTS) is 1. The highest BCUT2D eigenvalue weighted by molar-refractivity contribution is 6.35. The fourth-order valence-electron chi connectivity index (χ4n) is 4.26. The first-order chi connectivity index (χ1) is 17.7. The van der Waals surface area contributed by atoms with Crippen LogP contribution in [-0.4, -0.2) is 60.3 Å². The van der Waals surface area contributed by atoms with Gasteiger partial charge < -0.3 is 19.1 Å². The van der Waals surface area contributed by atoms with Crippen LogP contribution < -0.4 is 14.4 Å². The van der Waals surface area contributed by atoms with Crippen molar-refractivity contribution in [3.05, 3.63) is 52.7 Å². The van der Waals surface area contributed by atoms with Crippen LogP contribution in [-0.2, 0) is 11.3 Å². The van der Waals surface area contributed by atoms with Crippen molar-refractivity contribution in [3.8, 4) is 11.5 Å². The van der Waals surface area contributed by atoms with Gasteiger partial charge in [-0.2, -0.15) is 0 Å². The molecule has 3 amide bonds. The Morgan fingerprint density at radius 3 is 2.35 bits per heavy atom. The Morgan fingerprint density at radius 1 is 1.05 bits per heavy atom. The van der Waals surface area contributed by atoms with Gasteiger partial charge >= 0.3 is 12.0 Å². The predicted molar refractivity (Wildman–Crippen MR) is 143 cm³/mol. The SMILES string of the molecule is CCCCCN(C(=O)N(C)C(=O)c1cc2ccccc2n1CC(=O)O)c1c(OC)cc(OC)c(C)c1Cl. The highest BCUT2D eigenvalue weighted by atomic mass is 35.5. The van der Waals surface area contributed by atoms with E-state index in [0.717, 1.165) is 17.7 Å². The third kappa shape index (κ3) is 5.67. The van der Waals surface area contributed by atoms with E-state index >= 15 is 0 Å². The molecule has 0 radical (unpaired) electrons. The number of benzene rings is 2. The van der Waals surface area contributed by atoms with Crippen LogP contribution in [0.4, 0.5) is 10.5 Å². The van der Waals surface area contributed by atoms with Gasteiger partial charge in [-0.05, 0) is 25.5 Å². The lowest BCUT2D eigenvalue weighted by atomic mass is 10.1. The Morgan fingerprint density at radius 2 is 1.73 bits per heavy atom. The van der Waals surface area contributed by atoms with E-state index in [1.54, 1.807) is 43.3 Å². The Bertz CT molecular complexity index is 1320. The number of ether oxygens (including phenoxy) is 2. The molecule has 37 heavy (non-hydrogen) atoms. The maximum absolute atomic E-state index is 13.8. The van der Waals surface area contributed by atoms with Crippen molar-refractivity contribution in [2.45, 2.75) is 39.7 Å². The first kappa shape index (κ1) is 27.9. The summed E-state index contributed by atoms with van der Waals surface area (Å²) in [6.07, 6.45) is 2.47. The number of carboxylic acids is 1. The van der Waals surface area contributed by atoms with Gasteiger partial charge in [-0.15, -0.1) is 0 Å². The van der Waals surface area contributed by atoms with Crippen molar-refractivity contribution in [3.63, 3.8) is 0 Å². The third-order valence-electron chi connectivity index (χ3n) is 6.24. The van der Waals surface area contributed by atoms with Crippen LogP contribution in [0.5, 0.6) is 11.5 Å². The van der Waals surface area contributed by atoms with Crippen LogP contribution >= 0.6 is 11.6 Å². The number of para-hydroxylation sites is 1. The molecular formula is C27H32ClN3O6. The van der Waals surface area contributed by atoms with Crippen LogP contribution in [0.1, 0.15) is 42.2 Å². The zero-order chi connectivity index (χ0) is 27.3. The molecule has 10 heteroatoms. The maximum Gasteiger partial charge on any atom is 0.331 e. The smallest absolute Gasteiger partial charge is 0.331 e. The van der Waals surface area contributed by atoms with Gasteiger partial charge in [-0.1, -0.05) is 49.6 Å². The average molecular weight is 530 g/mol. The number of carbonyl (C=O) groups excluding carboxylic acids is 2. The lowest BCUT2D eigenvalue weighted by molar-refractivity contribution is -0.137. The number of rotatable bonds is 10. The number of aliphatic carboxylic acids is 1. The molecule has 0 aliphatic rings. The molecule has 9 nitrogen and oxygen atoms in total. The summed E-state index contributed by atoms with van der Waals surface area (Å²) < 4.78 is 12.4. The van der Waals surface area contributed by atoms with E-state index in [4.69, 9.17) is 21.1 Å². The van der Waals surface area contributed by atoms with Crippen molar-refractivity contribution in [2.24, 2.45) is 0 Å². The van der Waals surface area contributed by atoms with E-state index in [1.807, 2.05) is 6.92 Å². The molecule has 1 N–H and O–H groups in total. The van der Waals surface area contributed by atoms with Crippen LogP contribution in [0.2, 0.25) is 5.02 Å². The molecule has 0 aliphatic heterocycles. The van der Waals surface area contributed by atoms with Gasteiger partial charge in [0.2, 0.25) is 0 Å². The van der Waals surface area contributed by atoms with Crippen molar-refractivity contribution >= 4 is 46.1 Å². The summed E-state index contributed by atoms with van der Waals surface area (Å²) in [6, 6.07) is 9.72. The van der Waals surface area contributed by atoms with E-state index in [0.29, 0.717) is 46.6 Å². The van der Waals surface area contributed by atoms with Gasteiger partial charge in [0.05, 0.1) is 19.2 Å². The van der Waals surface area contributed by atoms with Crippen LogP contribution in [0.25, 0.3) is 10.9 Å². The fraction of sp³-hybridized carbons (Fsp3) is 0.370. The first-order valence-electron chi connectivity index (χ1n) is 12.0. The Balaban J connectivity index is 2.08. The molecule has 2 aromatic carbocycles. The molecule has 0 atom stereocenters. The summed E-state index contributed by atoms with van der Waals surface area (Å²) >= 11 is 6.72. The molecule has 0 spiro atoms. The molecule has 1 aromatic heterocycles. The second-order valence-corrected chi connectivity index (χ2v) is 9.02. The lowest BCUT2D eigenvalue weighted by Gasteiger charge is -2.30. The minimum absolute atomic E-state index is 0.0944. The molecular weight excluding hydrogens is 498 g/mol. The van der Waals surface area contributed by atoms with E-state index in [2.05, 4.69) is 0 Å². The molecule has 0 saturated heterocycles. The van der Waals surface area contributed by atoms with Gasteiger partial charge in [0.1, 0.15) is 29.4 Å². The van der Waals surface area contributed by atoms with Crippen molar-refractivity contribution in [1.29, 1.82) is 0 Å². The number of methoxy groups -OCH3 is 2. The second-order valence-electron chi connectivity index (χ2n) is 8.64. The fourth-order valence-corrected chi connectivity index (χ4v) is 4.55. The van der Waals surface area contributed by atoms with E-state index in [-0.39, 0.29) is 10.7 Å². The number of fused-ring (bicyclic) bond motifs is 1. The summed E-state index contributed by atoms with van der Waals surface area (Å²) in [5.41, 5.74) is 1.65. The number of carbonyl (C=O) groups is 3. The quantitative estimate of drug-likeness (QED) is 0.343. The van der Waals surface area contributed by atoms with Crippen LogP contribution in [0.15, 0.2) is 36.4 Å². The number of hydrogen-bond acceptors (Lipinski definition) is 5. The Labute approximate surface area is 221 Å². The highest BCUT2D eigenvalue weighted by Crippen LogP contribution is 2.43. The third-order valence-corrected chi connectivity index (χ3v) is 6.71. The van der Waals surface area contributed by atoms with E-state index in [1.165, 1.54) is 30.7 Å². The summed E-state index contributed by atoms with van der Waals surface area (Å²) in [7, 11) is 4.36. The van der Waals surface area contributed by atoms with Crippen molar-refractivity contribution in [1.82, 2.24) is 9.47 Å². The van der Waals surface area contributed by atoms with Gasteiger partial charge in [-0.3, -0.25) is 19.4 Å². The number of unbranched alkanes of at least 4 members (excludes halogenated alkanes) is 2. The minimum atomic E-state index is -1.10. The number of anilines is 1. The number of hydrogen-bond donors (Lipinski definition) is 1. The topological polar surface area (TPSA) is 101 Å². The summed E-state index contributed by atoms with van der Waals surface area (Å²) in [5.74, 6) is -0.897.